The van der Waals surface area contributed by atoms with Crippen molar-refractivity contribution in [2.45, 2.75) is 26.7 Å². The SMILES string of the molecule is CC=C(CC)CC(=O)O.[Mg]. The first-order valence-electron chi connectivity index (χ1n) is 3.06. The highest BCUT2D eigenvalue weighted by atomic mass is 24.3. The summed E-state index contributed by atoms with van der Waals surface area (Å²) in [5.41, 5.74) is 0.988. The molecular weight excluding hydrogens is 140 g/mol. The summed E-state index contributed by atoms with van der Waals surface area (Å²) in [7, 11) is 0. The summed E-state index contributed by atoms with van der Waals surface area (Å²) in [6.07, 6.45) is 2.88. The fourth-order valence-corrected chi connectivity index (χ4v) is 0.625. The highest BCUT2D eigenvalue weighted by Gasteiger charge is 1.98. The van der Waals surface area contributed by atoms with Crippen LogP contribution in [0.15, 0.2) is 11.6 Å². The molecule has 0 aliphatic carbocycles. The van der Waals surface area contributed by atoms with Crippen molar-refractivity contribution in [1.29, 1.82) is 0 Å². The van der Waals surface area contributed by atoms with Crippen LogP contribution in [-0.4, -0.2) is 34.1 Å². The maximum Gasteiger partial charge on any atom is 0.307 e. The van der Waals surface area contributed by atoms with Gasteiger partial charge in [-0.3, -0.25) is 4.79 Å². The van der Waals surface area contributed by atoms with Gasteiger partial charge in [0.05, 0.1) is 6.42 Å². The van der Waals surface area contributed by atoms with Crippen LogP contribution in [0.4, 0.5) is 0 Å². The van der Waals surface area contributed by atoms with Gasteiger partial charge in [-0.1, -0.05) is 18.6 Å². The van der Waals surface area contributed by atoms with E-state index in [0.717, 1.165) is 12.0 Å². The smallest absolute Gasteiger partial charge is 0.307 e. The average molecular weight is 152 g/mol. The summed E-state index contributed by atoms with van der Waals surface area (Å²) in [5.74, 6) is -0.745. The monoisotopic (exact) mass is 152 g/mol. The first-order valence-corrected chi connectivity index (χ1v) is 3.06. The van der Waals surface area contributed by atoms with E-state index in [1.165, 1.54) is 0 Å². The molecule has 0 aliphatic rings. The van der Waals surface area contributed by atoms with Crippen molar-refractivity contribution in [2.24, 2.45) is 0 Å². The molecule has 0 aliphatic heterocycles. The normalized spacial score (nSPS) is 10.4. The van der Waals surface area contributed by atoms with E-state index in [-0.39, 0.29) is 29.5 Å². The first-order chi connectivity index (χ1) is 4.20. The molecular formula is C7H12MgO2. The molecule has 0 saturated carbocycles. The number of rotatable bonds is 3. The lowest BCUT2D eigenvalue weighted by Gasteiger charge is -1.95. The third kappa shape index (κ3) is 6.10. The first kappa shape index (κ1) is 12.6. The minimum Gasteiger partial charge on any atom is -0.481 e. The van der Waals surface area contributed by atoms with Gasteiger partial charge in [0.25, 0.3) is 0 Å². The van der Waals surface area contributed by atoms with Crippen molar-refractivity contribution in [1.82, 2.24) is 0 Å². The van der Waals surface area contributed by atoms with Crippen LogP contribution in [0.2, 0.25) is 0 Å². The molecule has 1 N–H and O–H groups in total. The summed E-state index contributed by atoms with van der Waals surface area (Å²) in [6.45, 7) is 3.82. The minimum absolute atomic E-state index is 0. The fraction of sp³-hybridized carbons (Fsp3) is 0.571. The molecule has 0 atom stereocenters. The summed E-state index contributed by atoms with van der Waals surface area (Å²) in [5, 5.41) is 8.31. The number of allylic oxidation sites excluding steroid dienone is 1. The number of aliphatic carboxylic acids is 1. The largest absolute Gasteiger partial charge is 0.481 e. The van der Waals surface area contributed by atoms with Gasteiger partial charge >= 0.3 is 5.97 Å². The minimum atomic E-state index is -0.745. The van der Waals surface area contributed by atoms with Crippen LogP contribution in [0.3, 0.4) is 0 Å². The maximum absolute atomic E-state index is 10.1. The zero-order chi connectivity index (χ0) is 7.28. The summed E-state index contributed by atoms with van der Waals surface area (Å²) < 4.78 is 0. The quantitative estimate of drug-likeness (QED) is 0.491. The molecule has 3 heteroatoms. The van der Waals surface area contributed by atoms with Crippen LogP contribution in [0.5, 0.6) is 0 Å². The van der Waals surface area contributed by atoms with Crippen molar-refractivity contribution in [3.63, 3.8) is 0 Å². The Hall–Kier alpha value is -0.0238. The van der Waals surface area contributed by atoms with Gasteiger partial charge in [0.15, 0.2) is 0 Å². The van der Waals surface area contributed by atoms with Gasteiger partial charge in [-0.15, -0.1) is 0 Å². The van der Waals surface area contributed by atoms with Gasteiger partial charge in [0.1, 0.15) is 0 Å². The van der Waals surface area contributed by atoms with E-state index < -0.39 is 5.97 Å². The number of carboxylic acids is 1. The Morgan fingerprint density at radius 2 is 2.10 bits per heavy atom. The van der Waals surface area contributed by atoms with E-state index >= 15 is 0 Å². The Kier molecular flexibility index (Phi) is 8.95. The third-order valence-corrected chi connectivity index (χ3v) is 1.24. The third-order valence-electron chi connectivity index (χ3n) is 1.24. The standard InChI is InChI=1S/C7H12O2.Mg/c1-3-6(4-2)5-7(8)9;/h3H,4-5H2,1-2H3,(H,8,9);. The predicted octanol–water partition coefficient (Wildman–Crippen LogP) is 1.44. The Bertz CT molecular complexity index is 130. The van der Waals surface area contributed by atoms with E-state index in [1.54, 1.807) is 0 Å². The lowest BCUT2D eigenvalue weighted by Crippen LogP contribution is -1.95. The van der Waals surface area contributed by atoms with Gasteiger partial charge in [0.2, 0.25) is 0 Å². The molecule has 0 spiro atoms. The molecule has 10 heavy (non-hydrogen) atoms. The van der Waals surface area contributed by atoms with Crippen LogP contribution in [0.1, 0.15) is 26.7 Å². The molecule has 0 unspecified atom stereocenters. The second kappa shape index (κ2) is 7.09. The van der Waals surface area contributed by atoms with Crippen LogP contribution in [0, 0.1) is 0 Å². The Morgan fingerprint density at radius 3 is 2.20 bits per heavy atom. The second-order valence-electron chi connectivity index (χ2n) is 1.87. The molecule has 2 radical (unpaired) electrons. The Morgan fingerprint density at radius 1 is 1.60 bits per heavy atom. The van der Waals surface area contributed by atoms with Gasteiger partial charge in [-0.05, 0) is 13.3 Å². The Balaban J connectivity index is 0. The highest BCUT2D eigenvalue weighted by molar-refractivity contribution is 5.75. The van der Waals surface area contributed by atoms with Crippen molar-refractivity contribution in [2.75, 3.05) is 0 Å². The van der Waals surface area contributed by atoms with E-state index in [0.29, 0.717) is 0 Å². The molecule has 0 amide bonds. The number of hydrogen-bond donors (Lipinski definition) is 1. The summed E-state index contributed by atoms with van der Waals surface area (Å²) in [6, 6.07) is 0. The molecule has 2 nitrogen and oxygen atoms in total. The number of carboxylic acid groups (broad SMARTS) is 1. The van der Waals surface area contributed by atoms with Gasteiger partial charge in [-0.25, -0.2) is 0 Å². The van der Waals surface area contributed by atoms with Gasteiger partial charge < -0.3 is 5.11 Å². The zero-order valence-corrected chi connectivity index (χ0v) is 7.97. The molecule has 0 rings (SSSR count). The fourth-order valence-electron chi connectivity index (χ4n) is 0.625. The van der Waals surface area contributed by atoms with Crippen molar-refractivity contribution >= 4 is 29.0 Å². The lowest BCUT2D eigenvalue weighted by molar-refractivity contribution is -0.136. The summed E-state index contributed by atoms with van der Waals surface area (Å²) >= 11 is 0. The molecule has 0 fully saturated rings. The van der Waals surface area contributed by atoms with E-state index in [1.807, 2.05) is 19.9 Å². The maximum atomic E-state index is 10.1. The van der Waals surface area contributed by atoms with Crippen LogP contribution in [-0.2, 0) is 4.79 Å². The van der Waals surface area contributed by atoms with Crippen LogP contribution in [0.25, 0.3) is 0 Å². The molecule has 54 valence electrons. The lowest BCUT2D eigenvalue weighted by atomic mass is 10.1. The zero-order valence-electron chi connectivity index (χ0n) is 6.55. The van der Waals surface area contributed by atoms with Crippen LogP contribution < -0.4 is 0 Å². The molecule has 0 heterocycles. The number of carbonyl (C=O) groups is 1. The van der Waals surface area contributed by atoms with Gasteiger partial charge in [0, 0.05) is 23.1 Å². The Labute approximate surface area is 77.5 Å². The molecule has 0 saturated heterocycles. The number of hydrogen-bond acceptors (Lipinski definition) is 1. The molecule has 0 bridgehead atoms. The van der Waals surface area contributed by atoms with Crippen LogP contribution >= 0.6 is 0 Å². The van der Waals surface area contributed by atoms with Crippen molar-refractivity contribution in [3.8, 4) is 0 Å². The highest BCUT2D eigenvalue weighted by Crippen LogP contribution is 2.04. The topological polar surface area (TPSA) is 37.3 Å². The average Bonchev–Trinajstić information content (AvgIpc) is 1.82. The molecule has 0 aromatic carbocycles. The van der Waals surface area contributed by atoms with Crippen molar-refractivity contribution in [3.05, 3.63) is 11.6 Å². The van der Waals surface area contributed by atoms with E-state index in [2.05, 4.69) is 0 Å². The predicted molar refractivity (Wildman–Crippen MR) is 42.1 cm³/mol. The van der Waals surface area contributed by atoms with Crippen molar-refractivity contribution < 1.29 is 9.90 Å². The van der Waals surface area contributed by atoms with E-state index in [4.69, 9.17) is 5.11 Å². The van der Waals surface area contributed by atoms with Gasteiger partial charge in [-0.2, -0.15) is 0 Å². The summed E-state index contributed by atoms with van der Waals surface area (Å²) in [4.78, 5) is 10.1. The van der Waals surface area contributed by atoms with E-state index in [9.17, 15) is 4.79 Å². The molecule has 0 aromatic rings. The molecule has 0 aromatic heterocycles. The second-order valence-corrected chi connectivity index (χ2v) is 1.87.